The highest BCUT2D eigenvalue weighted by atomic mass is 35.5. The third kappa shape index (κ3) is 1.94. The van der Waals surface area contributed by atoms with E-state index in [2.05, 4.69) is 24.4 Å². The molecule has 2 rings (SSSR count). The van der Waals surface area contributed by atoms with Gasteiger partial charge >= 0.3 is 0 Å². The van der Waals surface area contributed by atoms with Gasteiger partial charge in [0.2, 0.25) is 0 Å². The average Bonchev–Trinajstić information content (AvgIpc) is 2.15. The van der Waals surface area contributed by atoms with Crippen LogP contribution in [0.5, 0.6) is 0 Å². The standard InChI is InChI=1S/C12H16ClN/c1-2-12(8-14-9-12)7-10-3-5-11(13)6-4-10/h3-6,14H,2,7-9H2,1H3. The lowest BCUT2D eigenvalue weighted by atomic mass is 9.74. The maximum Gasteiger partial charge on any atom is 0.0406 e. The predicted octanol–water partition coefficient (Wildman–Crippen LogP) is 2.88. The third-order valence-electron chi connectivity index (χ3n) is 3.24. The molecule has 1 aromatic carbocycles. The Hall–Kier alpha value is -0.530. The minimum absolute atomic E-state index is 0.508. The highest BCUT2D eigenvalue weighted by Gasteiger charge is 2.34. The summed E-state index contributed by atoms with van der Waals surface area (Å²) in [6.45, 7) is 4.59. The molecule has 1 nitrogen and oxygen atoms in total. The van der Waals surface area contributed by atoms with Crippen LogP contribution < -0.4 is 5.32 Å². The lowest BCUT2D eigenvalue weighted by molar-refractivity contribution is 0.160. The van der Waals surface area contributed by atoms with Gasteiger partial charge < -0.3 is 5.32 Å². The number of hydrogen-bond acceptors (Lipinski definition) is 1. The first-order chi connectivity index (χ1) is 6.74. The lowest BCUT2D eigenvalue weighted by Crippen LogP contribution is -2.54. The van der Waals surface area contributed by atoms with Crippen LogP contribution in [0.15, 0.2) is 24.3 Å². The molecule has 0 spiro atoms. The average molecular weight is 210 g/mol. The molecule has 2 heteroatoms. The second kappa shape index (κ2) is 3.92. The summed E-state index contributed by atoms with van der Waals surface area (Å²) >= 11 is 5.85. The van der Waals surface area contributed by atoms with E-state index in [1.165, 1.54) is 18.4 Å². The zero-order valence-electron chi connectivity index (χ0n) is 8.52. The maximum atomic E-state index is 5.85. The number of hydrogen-bond donors (Lipinski definition) is 1. The molecule has 0 amide bonds. The van der Waals surface area contributed by atoms with Gasteiger partial charge in [-0.25, -0.2) is 0 Å². The summed E-state index contributed by atoms with van der Waals surface area (Å²) in [6, 6.07) is 8.23. The van der Waals surface area contributed by atoms with Crippen LogP contribution in [0.1, 0.15) is 18.9 Å². The quantitative estimate of drug-likeness (QED) is 0.808. The smallest absolute Gasteiger partial charge is 0.0406 e. The summed E-state index contributed by atoms with van der Waals surface area (Å²) in [5.74, 6) is 0. The minimum atomic E-state index is 0.508. The van der Waals surface area contributed by atoms with Gasteiger partial charge in [-0.2, -0.15) is 0 Å². The van der Waals surface area contributed by atoms with Crippen molar-refractivity contribution in [2.75, 3.05) is 13.1 Å². The third-order valence-corrected chi connectivity index (χ3v) is 3.49. The van der Waals surface area contributed by atoms with Gasteiger partial charge in [-0.15, -0.1) is 0 Å². The van der Waals surface area contributed by atoms with E-state index in [4.69, 9.17) is 11.6 Å². The summed E-state index contributed by atoms with van der Waals surface area (Å²) < 4.78 is 0. The molecule has 0 aliphatic carbocycles. The van der Waals surface area contributed by atoms with Crippen molar-refractivity contribution in [3.05, 3.63) is 34.9 Å². The van der Waals surface area contributed by atoms with Gasteiger partial charge in [0.15, 0.2) is 0 Å². The van der Waals surface area contributed by atoms with E-state index in [-0.39, 0.29) is 0 Å². The molecule has 1 aliphatic heterocycles. The van der Waals surface area contributed by atoms with E-state index >= 15 is 0 Å². The monoisotopic (exact) mass is 209 g/mol. The van der Waals surface area contributed by atoms with Crippen molar-refractivity contribution in [2.45, 2.75) is 19.8 Å². The van der Waals surface area contributed by atoms with Gasteiger partial charge in [-0.3, -0.25) is 0 Å². The summed E-state index contributed by atoms with van der Waals surface area (Å²) in [7, 11) is 0. The normalized spacial score (nSPS) is 19.0. The van der Waals surface area contributed by atoms with E-state index in [1.807, 2.05) is 12.1 Å². The zero-order chi connectivity index (χ0) is 10.0. The Kier molecular flexibility index (Phi) is 2.80. The predicted molar refractivity (Wildman–Crippen MR) is 60.7 cm³/mol. The summed E-state index contributed by atoms with van der Waals surface area (Å²) in [6.07, 6.45) is 2.43. The Morgan fingerprint density at radius 3 is 2.36 bits per heavy atom. The number of benzene rings is 1. The van der Waals surface area contributed by atoms with Gasteiger partial charge in [0.25, 0.3) is 0 Å². The Morgan fingerprint density at radius 2 is 1.93 bits per heavy atom. The lowest BCUT2D eigenvalue weighted by Gasteiger charge is -2.42. The van der Waals surface area contributed by atoms with Crippen LogP contribution in [0.25, 0.3) is 0 Å². The molecule has 1 N–H and O–H groups in total. The van der Waals surface area contributed by atoms with Gasteiger partial charge in [0, 0.05) is 18.1 Å². The molecule has 0 bridgehead atoms. The number of halogens is 1. The van der Waals surface area contributed by atoms with Crippen molar-refractivity contribution in [3.8, 4) is 0 Å². The minimum Gasteiger partial charge on any atom is -0.316 e. The molecule has 1 saturated heterocycles. The highest BCUT2D eigenvalue weighted by molar-refractivity contribution is 6.30. The Balaban J connectivity index is 2.06. The molecule has 14 heavy (non-hydrogen) atoms. The molecular formula is C12H16ClN. The first-order valence-electron chi connectivity index (χ1n) is 5.19. The molecular weight excluding hydrogens is 194 g/mol. The van der Waals surface area contributed by atoms with Crippen LogP contribution in [0.2, 0.25) is 5.02 Å². The van der Waals surface area contributed by atoms with Gasteiger partial charge in [-0.05, 0) is 36.0 Å². The molecule has 76 valence electrons. The van der Waals surface area contributed by atoms with Crippen molar-refractivity contribution in [2.24, 2.45) is 5.41 Å². The molecule has 1 aliphatic rings. The fourth-order valence-electron chi connectivity index (χ4n) is 2.01. The van der Waals surface area contributed by atoms with E-state index < -0.39 is 0 Å². The van der Waals surface area contributed by atoms with Crippen molar-refractivity contribution >= 4 is 11.6 Å². The van der Waals surface area contributed by atoms with Crippen LogP contribution in [0.3, 0.4) is 0 Å². The van der Waals surface area contributed by atoms with Gasteiger partial charge in [-0.1, -0.05) is 30.7 Å². The molecule has 1 aromatic rings. The molecule has 1 heterocycles. The molecule has 0 unspecified atom stereocenters. The molecule has 0 radical (unpaired) electrons. The summed E-state index contributed by atoms with van der Waals surface area (Å²) in [4.78, 5) is 0. The fourth-order valence-corrected chi connectivity index (χ4v) is 2.14. The van der Waals surface area contributed by atoms with Crippen molar-refractivity contribution < 1.29 is 0 Å². The first-order valence-corrected chi connectivity index (χ1v) is 5.57. The Morgan fingerprint density at radius 1 is 1.29 bits per heavy atom. The summed E-state index contributed by atoms with van der Waals surface area (Å²) in [5, 5.41) is 4.18. The molecule has 0 aromatic heterocycles. The van der Waals surface area contributed by atoms with Crippen LogP contribution in [-0.4, -0.2) is 13.1 Å². The SMILES string of the molecule is CCC1(Cc2ccc(Cl)cc2)CNC1. The second-order valence-corrected chi connectivity index (χ2v) is 4.70. The van der Waals surface area contributed by atoms with E-state index in [0.29, 0.717) is 5.41 Å². The van der Waals surface area contributed by atoms with Crippen molar-refractivity contribution in [1.29, 1.82) is 0 Å². The molecule has 1 fully saturated rings. The second-order valence-electron chi connectivity index (χ2n) is 4.26. The fraction of sp³-hybridized carbons (Fsp3) is 0.500. The van der Waals surface area contributed by atoms with E-state index in [1.54, 1.807) is 0 Å². The Bertz CT molecular complexity index is 295. The Labute approximate surface area is 90.5 Å². The van der Waals surface area contributed by atoms with Crippen molar-refractivity contribution in [3.63, 3.8) is 0 Å². The largest absolute Gasteiger partial charge is 0.316 e. The zero-order valence-corrected chi connectivity index (χ0v) is 9.27. The topological polar surface area (TPSA) is 12.0 Å². The highest BCUT2D eigenvalue weighted by Crippen LogP contribution is 2.31. The molecule has 0 saturated carbocycles. The van der Waals surface area contributed by atoms with Crippen molar-refractivity contribution in [1.82, 2.24) is 5.32 Å². The number of rotatable bonds is 3. The van der Waals surface area contributed by atoms with E-state index in [9.17, 15) is 0 Å². The van der Waals surface area contributed by atoms with Crippen LogP contribution in [0, 0.1) is 5.41 Å². The summed E-state index contributed by atoms with van der Waals surface area (Å²) in [5.41, 5.74) is 1.91. The van der Waals surface area contributed by atoms with Gasteiger partial charge in [0.05, 0.1) is 0 Å². The van der Waals surface area contributed by atoms with Crippen LogP contribution in [-0.2, 0) is 6.42 Å². The van der Waals surface area contributed by atoms with E-state index in [0.717, 1.165) is 18.1 Å². The van der Waals surface area contributed by atoms with Crippen LogP contribution in [0.4, 0.5) is 0 Å². The maximum absolute atomic E-state index is 5.85. The van der Waals surface area contributed by atoms with Crippen LogP contribution >= 0.6 is 11.6 Å². The van der Waals surface area contributed by atoms with Gasteiger partial charge in [0.1, 0.15) is 0 Å². The first kappa shape index (κ1) is 10.0. The number of nitrogens with one attached hydrogen (secondary N) is 1. The molecule has 0 atom stereocenters.